The Hall–Kier alpha value is -2.05. The first-order valence-electron chi connectivity index (χ1n) is 8.05. The van der Waals surface area contributed by atoms with Gasteiger partial charge in [0.1, 0.15) is 11.8 Å². The van der Waals surface area contributed by atoms with Gasteiger partial charge in [-0.25, -0.2) is 0 Å². The number of likely N-dealkylation sites (N-methyl/N-ethyl adjacent to an activating group) is 1. The second kappa shape index (κ2) is 9.59. The summed E-state index contributed by atoms with van der Waals surface area (Å²) in [6, 6.07) is 13.9. The second-order valence-electron chi connectivity index (χ2n) is 5.66. The van der Waals surface area contributed by atoms with E-state index in [1.807, 2.05) is 30.3 Å². The molecule has 0 spiro atoms. The standard InChI is InChI=1S/C19H20BrClN2O3/c1-13(19(25)22-2)23(11-14-6-4-3-5-7-14)18(24)12-26-17-9-8-15(21)10-16(17)20/h3-10,13H,11-12H2,1-2H3,(H,22,25)/t13-/m0/s1. The van der Waals surface area contributed by atoms with Crippen LogP contribution in [0, 0.1) is 0 Å². The zero-order valence-corrected chi connectivity index (χ0v) is 16.9. The smallest absolute Gasteiger partial charge is 0.261 e. The highest BCUT2D eigenvalue weighted by Gasteiger charge is 2.25. The number of rotatable bonds is 7. The highest BCUT2D eigenvalue weighted by molar-refractivity contribution is 9.10. The lowest BCUT2D eigenvalue weighted by Gasteiger charge is -2.28. The SMILES string of the molecule is CNC(=O)[C@H](C)N(Cc1ccccc1)C(=O)COc1ccc(Cl)cc1Br. The van der Waals surface area contributed by atoms with Crippen molar-refractivity contribution >= 4 is 39.3 Å². The molecule has 0 heterocycles. The number of carbonyl (C=O) groups excluding carboxylic acids is 2. The number of amides is 2. The number of hydrogen-bond donors (Lipinski definition) is 1. The number of ether oxygens (including phenoxy) is 1. The normalized spacial score (nSPS) is 11.5. The molecule has 0 aliphatic rings. The molecule has 26 heavy (non-hydrogen) atoms. The quantitative estimate of drug-likeness (QED) is 0.716. The summed E-state index contributed by atoms with van der Waals surface area (Å²) in [6.07, 6.45) is 0. The average molecular weight is 440 g/mol. The first kappa shape index (κ1) is 20.3. The van der Waals surface area contributed by atoms with Gasteiger partial charge in [-0.2, -0.15) is 0 Å². The molecule has 138 valence electrons. The minimum Gasteiger partial charge on any atom is -0.483 e. The lowest BCUT2D eigenvalue weighted by atomic mass is 10.1. The van der Waals surface area contributed by atoms with Gasteiger partial charge in [0.15, 0.2) is 6.61 Å². The fourth-order valence-corrected chi connectivity index (χ4v) is 3.18. The Morgan fingerprint density at radius 3 is 2.54 bits per heavy atom. The Morgan fingerprint density at radius 1 is 1.23 bits per heavy atom. The molecule has 2 aromatic carbocycles. The van der Waals surface area contributed by atoms with Crippen molar-refractivity contribution in [3.05, 3.63) is 63.6 Å². The van der Waals surface area contributed by atoms with E-state index in [-0.39, 0.29) is 18.4 Å². The number of hydrogen-bond acceptors (Lipinski definition) is 3. The van der Waals surface area contributed by atoms with Gasteiger partial charge in [-0.1, -0.05) is 41.9 Å². The van der Waals surface area contributed by atoms with Crippen LogP contribution in [0.4, 0.5) is 0 Å². The van der Waals surface area contributed by atoms with Crippen molar-refractivity contribution in [2.45, 2.75) is 19.5 Å². The summed E-state index contributed by atoms with van der Waals surface area (Å²) in [4.78, 5) is 26.3. The van der Waals surface area contributed by atoms with E-state index in [0.717, 1.165) is 5.56 Å². The predicted molar refractivity (Wildman–Crippen MR) is 105 cm³/mol. The molecular formula is C19H20BrClN2O3. The van der Waals surface area contributed by atoms with Crippen LogP contribution in [-0.4, -0.2) is 36.4 Å². The van der Waals surface area contributed by atoms with Gasteiger partial charge in [0, 0.05) is 18.6 Å². The molecule has 0 saturated carbocycles. The largest absolute Gasteiger partial charge is 0.483 e. The molecule has 0 bridgehead atoms. The summed E-state index contributed by atoms with van der Waals surface area (Å²) in [5.74, 6) is -0.0104. The van der Waals surface area contributed by atoms with Crippen LogP contribution < -0.4 is 10.1 Å². The molecular weight excluding hydrogens is 420 g/mol. The van der Waals surface area contributed by atoms with Crippen LogP contribution in [0.3, 0.4) is 0 Å². The van der Waals surface area contributed by atoms with Crippen molar-refractivity contribution in [1.29, 1.82) is 0 Å². The molecule has 1 atom stereocenters. The van der Waals surface area contributed by atoms with E-state index in [9.17, 15) is 9.59 Å². The Balaban J connectivity index is 2.12. The average Bonchev–Trinajstić information content (AvgIpc) is 2.64. The second-order valence-corrected chi connectivity index (χ2v) is 6.95. The number of benzene rings is 2. The Kier molecular flexibility index (Phi) is 7.48. The van der Waals surface area contributed by atoms with Crippen molar-refractivity contribution in [2.75, 3.05) is 13.7 Å². The van der Waals surface area contributed by atoms with Crippen molar-refractivity contribution < 1.29 is 14.3 Å². The lowest BCUT2D eigenvalue weighted by molar-refractivity contribution is -0.142. The summed E-state index contributed by atoms with van der Waals surface area (Å²) in [5, 5.41) is 3.14. The van der Waals surface area contributed by atoms with Crippen LogP contribution in [0.1, 0.15) is 12.5 Å². The number of nitrogens with one attached hydrogen (secondary N) is 1. The molecule has 2 aromatic rings. The first-order chi connectivity index (χ1) is 12.4. The van der Waals surface area contributed by atoms with Crippen LogP contribution in [0.5, 0.6) is 5.75 Å². The van der Waals surface area contributed by atoms with E-state index >= 15 is 0 Å². The molecule has 1 N–H and O–H groups in total. The van der Waals surface area contributed by atoms with Gasteiger partial charge in [0.2, 0.25) is 5.91 Å². The minimum absolute atomic E-state index is 0.186. The van der Waals surface area contributed by atoms with Crippen molar-refractivity contribution in [3.8, 4) is 5.75 Å². The summed E-state index contributed by atoms with van der Waals surface area (Å²) in [5.41, 5.74) is 0.935. The van der Waals surface area contributed by atoms with Gasteiger partial charge < -0.3 is 15.0 Å². The molecule has 0 aromatic heterocycles. The maximum absolute atomic E-state index is 12.7. The number of carbonyl (C=O) groups is 2. The van der Waals surface area contributed by atoms with Gasteiger partial charge in [0.05, 0.1) is 4.47 Å². The third-order valence-corrected chi connectivity index (χ3v) is 4.71. The van der Waals surface area contributed by atoms with Crippen LogP contribution in [-0.2, 0) is 16.1 Å². The van der Waals surface area contributed by atoms with Gasteiger partial charge in [0.25, 0.3) is 5.91 Å². The molecule has 2 rings (SSSR count). The van der Waals surface area contributed by atoms with Crippen LogP contribution in [0.25, 0.3) is 0 Å². The molecule has 0 unspecified atom stereocenters. The fourth-order valence-electron chi connectivity index (χ4n) is 2.39. The van der Waals surface area contributed by atoms with E-state index in [0.29, 0.717) is 21.8 Å². The molecule has 7 heteroatoms. The van der Waals surface area contributed by atoms with Crippen molar-refractivity contribution in [3.63, 3.8) is 0 Å². The first-order valence-corrected chi connectivity index (χ1v) is 9.22. The van der Waals surface area contributed by atoms with Gasteiger partial charge >= 0.3 is 0 Å². The molecule has 0 saturated heterocycles. The lowest BCUT2D eigenvalue weighted by Crippen LogP contribution is -2.48. The van der Waals surface area contributed by atoms with E-state index in [4.69, 9.17) is 16.3 Å². The molecule has 0 aliphatic heterocycles. The third kappa shape index (κ3) is 5.47. The number of halogens is 2. The Morgan fingerprint density at radius 2 is 1.92 bits per heavy atom. The van der Waals surface area contributed by atoms with Gasteiger partial charge in [-0.3, -0.25) is 9.59 Å². The Bertz CT molecular complexity index is 771. The molecule has 0 fully saturated rings. The highest BCUT2D eigenvalue weighted by Crippen LogP contribution is 2.28. The highest BCUT2D eigenvalue weighted by atomic mass is 79.9. The van der Waals surface area contributed by atoms with E-state index < -0.39 is 6.04 Å². The molecule has 0 radical (unpaired) electrons. The minimum atomic E-state index is -0.620. The molecule has 0 aliphatic carbocycles. The third-order valence-electron chi connectivity index (χ3n) is 3.85. The summed E-state index contributed by atoms with van der Waals surface area (Å²) < 4.78 is 6.27. The van der Waals surface area contributed by atoms with Gasteiger partial charge in [-0.15, -0.1) is 0 Å². The van der Waals surface area contributed by atoms with E-state index in [2.05, 4.69) is 21.2 Å². The van der Waals surface area contributed by atoms with Crippen LogP contribution in [0.15, 0.2) is 53.0 Å². The maximum atomic E-state index is 12.7. The summed E-state index contributed by atoms with van der Waals surface area (Å²) in [6.45, 7) is 1.83. The maximum Gasteiger partial charge on any atom is 0.261 e. The van der Waals surface area contributed by atoms with E-state index in [1.54, 1.807) is 32.2 Å². The van der Waals surface area contributed by atoms with Crippen LogP contribution in [0.2, 0.25) is 5.02 Å². The van der Waals surface area contributed by atoms with Crippen molar-refractivity contribution in [2.24, 2.45) is 0 Å². The zero-order chi connectivity index (χ0) is 19.1. The summed E-state index contributed by atoms with van der Waals surface area (Å²) in [7, 11) is 1.55. The Labute approximate surface area is 166 Å². The monoisotopic (exact) mass is 438 g/mol. The predicted octanol–water partition coefficient (Wildman–Crippen LogP) is 3.64. The van der Waals surface area contributed by atoms with E-state index in [1.165, 1.54) is 4.90 Å². The molecule has 2 amide bonds. The fraction of sp³-hybridized carbons (Fsp3) is 0.263. The summed E-state index contributed by atoms with van der Waals surface area (Å²) >= 11 is 9.26. The molecule has 5 nitrogen and oxygen atoms in total. The van der Waals surface area contributed by atoms with Crippen LogP contribution >= 0.6 is 27.5 Å². The van der Waals surface area contributed by atoms with Gasteiger partial charge in [-0.05, 0) is 46.6 Å². The number of nitrogens with zero attached hydrogens (tertiary/aromatic N) is 1. The van der Waals surface area contributed by atoms with Crippen molar-refractivity contribution in [1.82, 2.24) is 10.2 Å². The zero-order valence-electron chi connectivity index (χ0n) is 14.5. The topological polar surface area (TPSA) is 58.6 Å².